The Morgan fingerprint density at radius 2 is 1.89 bits per heavy atom. The van der Waals surface area contributed by atoms with E-state index in [0.29, 0.717) is 24.3 Å². The van der Waals surface area contributed by atoms with Crippen molar-refractivity contribution in [1.82, 2.24) is 9.88 Å². The fourth-order valence-corrected chi connectivity index (χ4v) is 2.41. The summed E-state index contributed by atoms with van der Waals surface area (Å²) in [5.74, 6) is -0.00602. The smallest absolute Gasteiger partial charge is 0.256 e. The highest BCUT2D eigenvalue weighted by Gasteiger charge is 2.25. The van der Waals surface area contributed by atoms with E-state index in [-0.39, 0.29) is 5.91 Å². The van der Waals surface area contributed by atoms with Gasteiger partial charge < -0.3 is 10.6 Å². The number of amides is 1. The zero-order valence-corrected chi connectivity index (χ0v) is 10.8. The molecule has 0 saturated carbocycles. The molecule has 2 N–H and O–H groups in total. The summed E-state index contributed by atoms with van der Waals surface area (Å²) in [6.45, 7) is 3.14. The van der Waals surface area contributed by atoms with Crippen LogP contribution in [0, 0.1) is 6.92 Å². The van der Waals surface area contributed by atoms with Crippen LogP contribution in [0.2, 0.25) is 0 Å². The molecule has 3 rings (SSSR count). The van der Waals surface area contributed by atoms with Crippen LogP contribution in [0.15, 0.2) is 36.5 Å². The fraction of sp³-hybridized carbons (Fsp3) is 0.200. The molecule has 0 bridgehead atoms. The second kappa shape index (κ2) is 4.39. The summed E-state index contributed by atoms with van der Waals surface area (Å²) < 4.78 is 0. The first-order valence-corrected chi connectivity index (χ1v) is 6.23. The molecule has 0 fully saturated rings. The second-order valence-corrected chi connectivity index (χ2v) is 4.83. The molecule has 96 valence electrons. The van der Waals surface area contributed by atoms with E-state index in [9.17, 15) is 4.79 Å². The first-order valence-electron chi connectivity index (χ1n) is 6.23. The number of benzene rings is 1. The molecule has 4 heteroatoms. The number of hydrogen-bond acceptors (Lipinski definition) is 3. The van der Waals surface area contributed by atoms with Gasteiger partial charge in [-0.25, -0.2) is 0 Å². The molecule has 0 unspecified atom stereocenters. The Bertz CT molecular complexity index is 627. The van der Waals surface area contributed by atoms with E-state index in [0.717, 1.165) is 5.69 Å². The minimum absolute atomic E-state index is 0.00602. The van der Waals surface area contributed by atoms with E-state index in [4.69, 9.17) is 5.73 Å². The Morgan fingerprint density at radius 3 is 2.53 bits per heavy atom. The molecule has 1 aromatic heterocycles. The van der Waals surface area contributed by atoms with Crippen molar-refractivity contribution >= 4 is 11.6 Å². The first-order chi connectivity index (χ1) is 9.15. The Kier molecular flexibility index (Phi) is 2.71. The minimum Gasteiger partial charge on any atom is -0.397 e. The van der Waals surface area contributed by atoms with Gasteiger partial charge in [0.25, 0.3) is 5.91 Å². The molecule has 2 heterocycles. The molecule has 19 heavy (non-hydrogen) atoms. The van der Waals surface area contributed by atoms with Crippen molar-refractivity contribution in [3.8, 4) is 0 Å². The minimum atomic E-state index is -0.00602. The maximum Gasteiger partial charge on any atom is 0.256 e. The average Bonchev–Trinajstić information content (AvgIpc) is 2.84. The van der Waals surface area contributed by atoms with Gasteiger partial charge >= 0.3 is 0 Å². The number of carbonyl (C=O) groups excluding carboxylic acids is 1. The zero-order valence-electron chi connectivity index (χ0n) is 10.8. The Balaban J connectivity index is 1.89. The maximum atomic E-state index is 12.5. The Hall–Kier alpha value is -2.36. The molecule has 0 radical (unpaired) electrons. The van der Waals surface area contributed by atoms with Crippen LogP contribution >= 0.6 is 0 Å². The van der Waals surface area contributed by atoms with E-state index in [1.54, 1.807) is 12.3 Å². The van der Waals surface area contributed by atoms with E-state index < -0.39 is 0 Å². The van der Waals surface area contributed by atoms with Crippen LogP contribution in [-0.2, 0) is 13.1 Å². The lowest BCUT2D eigenvalue weighted by Crippen LogP contribution is -2.26. The highest BCUT2D eigenvalue weighted by atomic mass is 16.2. The fourth-order valence-electron chi connectivity index (χ4n) is 2.41. The molecule has 1 aliphatic rings. The number of fused-ring (bicyclic) bond motifs is 1. The number of hydrogen-bond donors (Lipinski definition) is 1. The maximum absolute atomic E-state index is 12.5. The van der Waals surface area contributed by atoms with E-state index in [1.165, 1.54) is 11.1 Å². The van der Waals surface area contributed by atoms with Crippen LogP contribution in [0.5, 0.6) is 0 Å². The van der Waals surface area contributed by atoms with Crippen molar-refractivity contribution in [2.75, 3.05) is 5.73 Å². The predicted octanol–water partition coefficient (Wildman–Crippen LogP) is 2.13. The summed E-state index contributed by atoms with van der Waals surface area (Å²) in [6.07, 6.45) is 1.57. The SMILES string of the molecule is Cc1ncc(N)cc1C(=O)N1Cc2ccccc2C1. The molecule has 0 saturated heterocycles. The number of anilines is 1. The lowest BCUT2D eigenvalue weighted by molar-refractivity contribution is 0.0750. The van der Waals surface area contributed by atoms with Gasteiger partial charge in [0.05, 0.1) is 23.1 Å². The molecule has 0 atom stereocenters. The Labute approximate surface area is 111 Å². The molecule has 2 aromatic rings. The highest BCUT2D eigenvalue weighted by molar-refractivity contribution is 5.96. The molecule has 4 nitrogen and oxygen atoms in total. The van der Waals surface area contributed by atoms with Crippen molar-refractivity contribution < 1.29 is 4.79 Å². The van der Waals surface area contributed by atoms with Crippen LogP contribution in [0.3, 0.4) is 0 Å². The molecule has 1 aliphatic heterocycles. The average molecular weight is 253 g/mol. The third-order valence-electron chi connectivity index (χ3n) is 3.47. The number of pyridine rings is 1. The monoisotopic (exact) mass is 253 g/mol. The number of carbonyl (C=O) groups is 1. The summed E-state index contributed by atoms with van der Waals surface area (Å²) in [4.78, 5) is 18.5. The van der Waals surface area contributed by atoms with Gasteiger partial charge in [0.1, 0.15) is 0 Å². The van der Waals surface area contributed by atoms with Crippen molar-refractivity contribution in [3.05, 3.63) is 58.9 Å². The quantitative estimate of drug-likeness (QED) is 0.847. The number of nitrogens with zero attached hydrogens (tertiary/aromatic N) is 2. The lowest BCUT2D eigenvalue weighted by atomic mass is 10.1. The number of aromatic nitrogens is 1. The van der Waals surface area contributed by atoms with Gasteiger partial charge in [-0.3, -0.25) is 9.78 Å². The number of aryl methyl sites for hydroxylation is 1. The molecule has 0 spiro atoms. The van der Waals surface area contributed by atoms with E-state index >= 15 is 0 Å². The summed E-state index contributed by atoms with van der Waals surface area (Å²) in [5, 5.41) is 0. The summed E-state index contributed by atoms with van der Waals surface area (Å²) in [6, 6.07) is 9.83. The molecule has 0 aliphatic carbocycles. The largest absolute Gasteiger partial charge is 0.397 e. The third-order valence-corrected chi connectivity index (χ3v) is 3.47. The molecular formula is C15H15N3O. The van der Waals surface area contributed by atoms with Gasteiger partial charge in [0.2, 0.25) is 0 Å². The normalized spacial score (nSPS) is 13.4. The summed E-state index contributed by atoms with van der Waals surface area (Å²) in [5.41, 5.74) is 9.97. The van der Waals surface area contributed by atoms with Crippen LogP contribution in [0.1, 0.15) is 27.2 Å². The van der Waals surface area contributed by atoms with Crippen LogP contribution in [0.4, 0.5) is 5.69 Å². The van der Waals surface area contributed by atoms with E-state index in [2.05, 4.69) is 17.1 Å². The number of rotatable bonds is 1. The van der Waals surface area contributed by atoms with Crippen molar-refractivity contribution in [3.63, 3.8) is 0 Å². The standard InChI is InChI=1S/C15H15N3O/c1-10-14(6-13(16)7-17-10)15(19)18-8-11-4-2-3-5-12(11)9-18/h2-7H,8-9,16H2,1H3. The van der Waals surface area contributed by atoms with Gasteiger partial charge in [0, 0.05) is 13.1 Å². The van der Waals surface area contributed by atoms with Gasteiger partial charge in [-0.2, -0.15) is 0 Å². The molecular weight excluding hydrogens is 238 g/mol. The predicted molar refractivity (Wildman–Crippen MR) is 73.4 cm³/mol. The van der Waals surface area contributed by atoms with Crippen molar-refractivity contribution in [1.29, 1.82) is 0 Å². The van der Waals surface area contributed by atoms with Crippen molar-refractivity contribution in [2.45, 2.75) is 20.0 Å². The highest BCUT2D eigenvalue weighted by Crippen LogP contribution is 2.24. The molecule has 1 aromatic carbocycles. The van der Waals surface area contributed by atoms with E-state index in [1.807, 2.05) is 24.0 Å². The summed E-state index contributed by atoms with van der Waals surface area (Å²) >= 11 is 0. The third kappa shape index (κ3) is 2.05. The van der Waals surface area contributed by atoms with Gasteiger partial charge in [-0.15, -0.1) is 0 Å². The van der Waals surface area contributed by atoms with Crippen molar-refractivity contribution in [2.24, 2.45) is 0 Å². The topological polar surface area (TPSA) is 59.2 Å². The van der Waals surface area contributed by atoms with Crippen LogP contribution in [-0.4, -0.2) is 15.8 Å². The summed E-state index contributed by atoms with van der Waals surface area (Å²) in [7, 11) is 0. The number of nitrogens with two attached hydrogens (primary N) is 1. The number of nitrogen functional groups attached to an aromatic ring is 1. The Morgan fingerprint density at radius 1 is 1.26 bits per heavy atom. The second-order valence-electron chi connectivity index (χ2n) is 4.83. The van der Waals surface area contributed by atoms with Gasteiger partial charge in [-0.1, -0.05) is 24.3 Å². The van der Waals surface area contributed by atoms with Crippen LogP contribution < -0.4 is 5.73 Å². The first kappa shape index (κ1) is 11.7. The van der Waals surface area contributed by atoms with Gasteiger partial charge in [0.15, 0.2) is 0 Å². The molecule has 1 amide bonds. The van der Waals surface area contributed by atoms with Gasteiger partial charge in [-0.05, 0) is 24.1 Å². The van der Waals surface area contributed by atoms with Crippen LogP contribution in [0.25, 0.3) is 0 Å². The zero-order chi connectivity index (χ0) is 13.4. The lowest BCUT2D eigenvalue weighted by Gasteiger charge is -2.16.